The van der Waals surface area contributed by atoms with Crippen molar-refractivity contribution in [3.05, 3.63) is 118 Å². The number of halogens is 1. The second kappa shape index (κ2) is 13.9. The van der Waals surface area contributed by atoms with Crippen molar-refractivity contribution in [2.75, 3.05) is 19.0 Å². The minimum absolute atomic E-state index is 0.246. The van der Waals surface area contributed by atoms with Crippen molar-refractivity contribution in [2.24, 2.45) is 5.10 Å². The molecule has 0 aliphatic heterocycles. The molecule has 0 aromatic heterocycles. The zero-order valence-electron chi connectivity index (χ0n) is 22.2. The quantitative estimate of drug-likeness (QED) is 0.0965. The molecule has 10 heteroatoms. The Bertz CT molecular complexity index is 1570. The van der Waals surface area contributed by atoms with Gasteiger partial charge in [0.25, 0.3) is 11.8 Å². The first-order valence-corrected chi connectivity index (χ1v) is 13.3. The van der Waals surface area contributed by atoms with Crippen LogP contribution in [0.5, 0.6) is 17.2 Å². The lowest BCUT2D eigenvalue weighted by atomic mass is 10.1. The minimum atomic E-state index is -0.544. The summed E-state index contributed by atoms with van der Waals surface area (Å²) in [4.78, 5) is 37.7. The molecule has 9 nitrogen and oxygen atoms in total. The fourth-order valence-electron chi connectivity index (χ4n) is 3.62. The van der Waals surface area contributed by atoms with Crippen molar-refractivity contribution in [3.8, 4) is 17.2 Å². The van der Waals surface area contributed by atoms with Crippen LogP contribution in [0.15, 0.2) is 101 Å². The van der Waals surface area contributed by atoms with E-state index in [0.29, 0.717) is 46.0 Å². The van der Waals surface area contributed by atoms with E-state index in [1.54, 1.807) is 98.1 Å². The highest BCUT2D eigenvalue weighted by atomic mass is 79.9. The Kier molecular flexibility index (Phi) is 9.85. The van der Waals surface area contributed by atoms with Crippen LogP contribution in [0, 0.1) is 0 Å². The van der Waals surface area contributed by atoms with E-state index in [4.69, 9.17) is 14.2 Å². The highest BCUT2D eigenvalue weighted by Gasteiger charge is 2.14. The topological polar surface area (TPSA) is 115 Å². The summed E-state index contributed by atoms with van der Waals surface area (Å²) in [7, 11) is 1.55. The van der Waals surface area contributed by atoms with Crippen LogP contribution in [0.2, 0.25) is 0 Å². The average molecular weight is 616 g/mol. The first kappa shape index (κ1) is 29.0. The van der Waals surface area contributed by atoms with E-state index >= 15 is 0 Å². The smallest absolute Gasteiger partial charge is 0.343 e. The molecule has 0 heterocycles. The van der Waals surface area contributed by atoms with Gasteiger partial charge in [-0.2, -0.15) is 5.10 Å². The number of esters is 1. The maximum absolute atomic E-state index is 12.7. The second-order valence-electron chi connectivity index (χ2n) is 8.50. The van der Waals surface area contributed by atoms with Crippen molar-refractivity contribution in [3.63, 3.8) is 0 Å². The molecule has 0 aliphatic rings. The first-order chi connectivity index (χ1) is 19.9. The highest BCUT2D eigenvalue weighted by molar-refractivity contribution is 9.10. The molecule has 0 bridgehead atoms. The Hall–Kier alpha value is -4.96. The molecule has 2 N–H and O–H groups in total. The van der Waals surface area contributed by atoms with Gasteiger partial charge in [0.15, 0.2) is 11.5 Å². The van der Waals surface area contributed by atoms with Crippen LogP contribution in [0.3, 0.4) is 0 Å². The number of hydrogen-bond donors (Lipinski definition) is 2. The van der Waals surface area contributed by atoms with Crippen LogP contribution < -0.4 is 25.0 Å². The van der Waals surface area contributed by atoms with Gasteiger partial charge in [0.05, 0.1) is 25.5 Å². The van der Waals surface area contributed by atoms with Gasteiger partial charge in [-0.05, 0) is 97.4 Å². The number of nitrogens with zero attached hydrogens (tertiary/aromatic N) is 1. The van der Waals surface area contributed by atoms with Gasteiger partial charge in [-0.25, -0.2) is 10.2 Å². The van der Waals surface area contributed by atoms with E-state index in [1.807, 2.05) is 6.92 Å². The van der Waals surface area contributed by atoms with Gasteiger partial charge in [-0.15, -0.1) is 0 Å². The van der Waals surface area contributed by atoms with E-state index < -0.39 is 11.9 Å². The summed E-state index contributed by atoms with van der Waals surface area (Å²) in [5.74, 6) is -0.0805. The van der Waals surface area contributed by atoms with Crippen molar-refractivity contribution in [1.29, 1.82) is 0 Å². The molecule has 2 amide bonds. The standard InChI is InChI=1S/C31H26BrN3O6/c1-3-40-28-17-20(7-16-27(28)41-31(38)22-10-14-26(39-2)15-11-22)19-33-35-30(37)23-5-4-6-25(18-23)34-29(36)21-8-12-24(32)13-9-21/h4-19H,3H2,1-2H3,(H,34,36)(H,35,37). The Morgan fingerprint density at radius 1 is 0.829 bits per heavy atom. The zero-order chi connectivity index (χ0) is 29.2. The van der Waals surface area contributed by atoms with E-state index in [-0.39, 0.29) is 11.7 Å². The van der Waals surface area contributed by atoms with E-state index in [0.717, 1.165) is 4.47 Å². The number of hydrazone groups is 1. The average Bonchev–Trinajstić information content (AvgIpc) is 2.99. The number of nitrogens with one attached hydrogen (secondary N) is 2. The number of amides is 2. The highest BCUT2D eigenvalue weighted by Crippen LogP contribution is 2.29. The molecule has 0 unspecified atom stereocenters. The summed E-state index contributed by atoms with van der Waals surface area (Å²) in [6, 6.07) is 24.9. The SMILES string of the molecule is CCOc1cc(C=NNC(=O)c2cccc(NC(=O)c3ccc(Br)cc3)c2)ccc1OC(=O)c1ccc(OC)cc1. The third-order valence-corrected chi connectivity index (χ3v) is 6.19. The zero-order valence-corrected chi connectivity index (χ0v) is 23.8. The van der Waals surface area contributed by atoms with Gasteiger partial charge < -0.3 is 19.5 Å². The van der Waals surface area contributed by atoms with Gasteiger partial charge in [0.1, 0.15) is 5.75 Å². The Morgan fingerprint density at radius 3 is 2.27 bits per heavy atom. The van der Waals surface area contributed by atoms with Crippen LogP contribution >= 0.6 is 15.9 Å². The lowest BCUT2D eigenvalue weighted by molar-refractivity contribution is 0.0728. The summed E-state index contributed by atoms with van der Waals surface area (Å²) in [5, 5.41) is 6.81. The molecule has 0 spiro atoms. The van der Waals surface area contributed by atoms with Crippen LogP contribution in [0.4, 0.5) is 5.69 Å². The molecule has 0 aliphatic carbocycles. The number of anilines is 1. The van der Waals surface area contributed by atoms with E-state index in [1.165, 1.54) is 6.21 Å². The fourth-order valence-corrected chi connectivity index (χ4v) is 3.88. The minimum Gasteiger partial charge on any atom is -0.497 e. The third kappa shape index (κ3) is 8.02. The third-order valence-electron chi connectivity index (χ3n) is 5.66. The van der Waals surface area contributed by atoms with Crippen LogP contribution in [-0.4, -0.2) is 37.7 Å². The number of carbonyl (C=O) groups is 3. The molecule has 208 valence electrons. The number of carbonyl (C=O) groups excluding carboxylic acids is 3. The van der Waals surface area contributed by atoms with Gasteiger partial charge in [0, 0.05) is 21.3 Å². The molecule has 4 aromatic rings. The number of methoxy groups -OCH3 is 1. The molecule has 4 rings (SSSR count). The predicted molar refractivity (Wildman–Crippen MR) is 159 cm³/mol. The molecule has 0 saturated carbocycles. The Labute approximate surface area is 245 Å². The van der Waals surface area contributed by atoms with Crippen molar-refractivity contribution in [2.45, 2.75) is 6.92 Å². The first-order valence-electron chi connectivity index (χ1n) is 12.5. The van der Waals surface area contributed by atoms with Crippen molar-refractivity contribution in [1.82, 2.24) is 5.43 Å². The Balaban J connectivity index is 1.39. The van der Waals surface area contributed by atoms with Crippen LogP contribution in [0.1, 0.15) is 43.6 Å². The maximum atomic E-state index is 12.7. The van der Waals surface area contributed by atoms with Gasteiger partial charge >= 0.3 is 5.97 Å². The molecule has 0 radical (unpaired) electrons. The lowest BCUT2D eigenvalue weighted by Crippen LogP contribution is -2.18. The van der Waals surface area contributed by atoms with Gasteiger partial charge in [0.2, 0.25) is 0 Å². The lowest BCUT2D eigenvalue weighted by Gasteiger charge is -2.11. The predicted octanol–water partition coefficient (Wildman–Crippen LogP) is 6.09. The monoisotopic (exact) mass is 615 g/mol. The summed E-state index contributed by atoms with van der Waals surface area (Å²) in [6.45, 7) is 2.16. The fraction of sp³-hybridized carbons (Fsp3) is 0.0968. The van der Waals surface area contributed by atoms with E-state index in [2.05, 4.69) is 31.8 Å². The van der Waals surface area contributed by atoms with Crippen molar-refractivity contribution >= 4 is 45.6 Å². The van der Waals surface area contributed by atoms with Crippen LogP contribution in [0.25, 0.3) is 0 Å². The number of benzene rings is 4. The Morgan fingerprint density at radius 2 is 1.56 bits per heavy atom. The second-order valence-corrected chi connectivity index (χ2v) is 9.41. The normalized spacial score (nSPS) is 10.6. The molecular formula is C31H26BrN3O6. The van der Waals surface area contributed by atoms with Crippen molar-refractivity contribution < 1.29 is 28.6 Å². The molecule has 4 aromatic carbocycles. The number of ether oxygens (including phenoxy) is 3. The summed E-state index contributed by atoms with van der Waals surface area (Å²) < 4.78 is 17.2. The van der Waals surface area contributed by atoms with Gasteiger partial charge in [-0.3, -0.25) is 9.59 Å². The maximum Gasteiger partial charge on any atom is 0.343 e. The summed E-state index contributed by atoms with van der Waals surface area (Å²) in [5.41, 5.74) is 4.70. The summed E-state index contributed by atoms with van der Waals surface area (Å²) in [6.07, 6.45) is 1.44. The molecule has 0 atom stereocenters. The summed E-state index contributed by atoms with van der Waals surface area (Å²) >= 11 is 3.34. The molecular weight excluding hydrogens is 590 g/mol. The van der Waals surface area contributed by atoms with E-state index in [9.17, 15) is 14.4 Å². The van der Waals surface area contributed by atoms with Gasteiger partial charge in [-0.1, -0.05) is 22.0 Å². The molecule has 0 saturated heterocycles. The largest absolute Gasteiger partial charge is 0.497 e. The van der Waals surface area contributed by atoms with Crippen LogP contribution in [-0.2, 0) is 0 Å². The molecule has 41 heavy (non-hydrogen) atoms. The molecule has 0 fully saturated rings. The number of hydrogen-bond acceptors (Lipinski definition) is 7. The number of rotatable bonds is 10.